The zero-order valence-corrected chi connectivity index (χ0v) is 7.56. The zero-order valence-electron chi connectivity index (χ0n) is 7.56. The van der Waals surface area contributed by atoms with E-state index in [2.05, 4.69) is 29.5 Å². The number of hydrogen-bond donors (Lipinski definition) is 2. The lowest BCUT2D eigenvalue weighted by molar-refractivity contribution is 0.412. The number of hydrogen-bond acceptors (Lipinski definition) is 1. The second-order valence-electron chi connectivity index (χ2n) is 3.62. The van der Waals surface area contributed by atoms with Crippen LogP contribution in [-0.2, 0) is 0 Å². The first kappa shape index (κ1) is 7.87. The van der Waals surface area contributed by atoms with E-state index in [-0.39, 0.29) is 0 Å². The Hall–Kier alpha value is -0.760. The maximum atomic E-state index is 3.53. The Morgan fingerprint density at radius 3 is 2.92 bits per heavy atom. The second-order valence-corrected chi connectivity index (χ2v) is 3.62. The molecule has 1 aliphatic rings. The van der Waals surface area contributed by atoms with Gasteiger partial charge < -0.3 is 10.3 Å². The van der Waals surface area contributed by atoms with Gasteiger partial charge in [0.15, 0.2) is 0 Å². The van der Waals surface area contributed by atoms with Crippen molar-refractivity contribution in [3.8, 4) is 0 Å². The molecule has 0 aromatic carbocycles. The summed E-state index contributed by atoms with van der Waals surface area (Å²) >= 11 is 0. The molecule has 12 heavy (non-hydrogen) atoms. The summed E-state index contributed by atoms with van der Waals surface area (Å²) in [5.74, 6) is 0. The second kappa shape index (κ2) is 3.31. The standard InChI is InChI=1S/C10H16N2/c1-8-6-9(7-12-8)10-4-2-3-5-11-10/h6-7,10-12H,2-5H2,1H3/t10-/m0/s1. The van der Waals surface area contributed by atoms with Crippen molar-refractivity contribution in [3.63, 3.8) is 0 Å². The Kier molecular flexibility index (Phi) is 2.17. The lowest BCUT2D eigenvalue weighted by Gasteiger charge is -2.22. The highest BCUT2D eigenvalue weighted by Gasteiger charge is 2.14. The minimum atomic E-state index is 0.601. The fourth-order valence-corrected chi connectivity index (χ4v) is 1.87. The average molecular weight is 164 g/mol. The van der Waals surface area contributed by atoms with E-state index in [0.29, 0.717) is 6.04 Å². The third kappa shape index (κ3) is 1.53. The number of piperidine rings is 1. The number of aromatic nitrogens is 1. The van der Waals surface area contributed by atoms with Gasteiger partial charge in [-0.2, -0.15) is 0 Å². The predicted octanol–water partition coefficient (Wildman–Crippen LogP) is 2.14. The lowest BCUT2D eigenvalue weighted by atomic mass is 10.00. The molecule has 0 unspecified atom stereocenters. The quantitative estimate of drug-likeness (QED) is 0.654. The summed E-state index contributed by atoms with van der Waals surface area (Å²) in [5, 5.41) is 3.53. The highest BCUT2D eigenvalue weighted by Crippen LogP contribution is 2.22. The fraction of sp³-hybridized carbons (Fsp3) is 0.600. The molecule has 1 aliphatic heterocycles. The third-order valence-corrected chi connectivity index (χ3v) is 2.56. The van der Waals surface area contributed by atoms with Crippen LogP contribution in [0.1, 0.15) is 36.6 Å². The van der Waals surface area contributed by atoms with Crippen molar-refractivity contribution in [1.82, 2.24) is 10.3 Å². The number of rotatable bonds is 1. The van der Waals surface area contributed by atoms with Crippen LogP contribution in [0.2, 0.25) is 0 Å². The van der Waals surface area contributed by atoms with Crippen molar-refractivity contribution in [2.24, 2.45) is 0 Å². The number of H-pyrrole nitrogens is 1. The zero-order chi connectivity index (χ0) is 8.39. The van der Waals surface area contributed by atoms with Crippen LogP contribution in [0.3, 0.4) is 0 Å². The predicted molar refractivity (Wildman–Crippen MR) is 50.1 cm³/mol. The van der Waals surface area contributed by atoms with Gasteiger partial charge in [0.2, 0.25) is 0 Å². The summed E-state index contributed by atoms with van der Waals surface area (Å²) < 4.78 is 0. The van der Waals surface area contributed by atoms with Crippen LogP contribution in [0.25, 0.3) is 0 Å². The molecule has 66 valence electrons. The van der Waals surface area contributed by atoms with E-state index >= 15 is 0 Å². The Morgan fingerprint density at radius 1 is 1.42 bits per heavy atom. The molecule has 2 nitrogen and oxygen atoms in total. The van der Waals surface area contributed by atoms with Gasteiger partial charge in [-0.05, 0) is 37.9 Å². The Labute approximate surface area is 73.4 Å². The van der Waals surface area contributed by atoms with Crippen molar-refractivity contribution in [3.05, 3.63) is 23.5 Å². The van der Waals surface area contributed by atoms with E-state index in [9.17, 15) is 0 Å². The molecule has 2 N–H and O–H groups in total. The molecule has 1 atom stereocenters. The highest BCUT2D eigenvalue weighted by atomic mass is 14.9. The van der Waals surface area contributed by atoms with Crippen LogP contribution < -0.4 is 5.32 Å². The molecule has 0 saturated carbocycles. The van der Waals surface area contributed by atoms with Gasteiger partial charge in [0.25, 0.3) is 0 Å². The molecule has 0 amide bonds. The monoisotopic (exact) mass is 164 g/mol. The Balaban J connectivity index is 2.08. The number of aryl methyl sites for hydroxylation is 1. The summed E-state index contributed by atoms with van der Waals surface area (Å²) in [6.45, 7) is 3.28. The maximum Gasteiger partial charge on any atom is 0.0335 e. The fourth-order valence-electron chi connectivity index (χ4n) is 1.87. The van der Waals surface area contributed by atoms with Crippen molar-refractivity contribution < 1.29 is 0 Å². The van der Waals surface area contributed by atoms with Gasteiger partial charge in [0.1, 0.15) is 0 Å². The van der Waals surface area contributed by atoms with Crippen molar-refractivity contribution in [1.29, 1.82) is 0 Å². The van der Waals surface area contributed by atoms with Gasteiger partial charge in [-0.3, -0.25) is 0 Å². The van der Waals surface area contributed by atoms with E-state index in [1.165, 1.54) is 37.1 Å². The summed E-state index contributed by atoms with van der Waals surface area (Å²) in [5.41, 5.74) is 2.68. The third-order valence-electron chi connectivity index (χ3n) is 2.56. The van der Waals surface area contributed by atoms with Crippen molar-refractivity contribution in [2.75, 3.05) is 6.54 Å². The van der Waals surface area contributed by atoms with Crippen LogP contribution in [0.4, 0.5) is 0 Å². The molecule has 2 heterocycles. The van der Waals surface area contributed by atoms with Crippen LogP contribution >= 0.6 is 0 Å². The van der Waals surface area contributed by atoms with Gasteiger partial charge in [-0.15, -0.1) is 0 Å². The summed E-state index contributed by atoms with van der Waals surface area (Å²) in [4.78, 5) is 3.23. The van der Waals surface area contributed by atoms with Gasteiger partial charge in [-0.25, -0.2) is 0 Å². The van der Waals surface area contributed by atoms with Crippen LogP contribution in [0.5, 0.6) is 0 Å². The smallest absolute Gasteiger partial charge is 0.0335 e. The van der Waals surface area contributed by atoms with Gasteiger partial charge in [0.05, 0.1) is 0 Å². The topological polar surface area (TPSA) is 27.8 Å². The highest BCUT2D eigenvalue weighted by molar-refractivity contribution is 5.19. The van der Waals surface area contributed by atoms with E-state index in [4.69, 9.17) is 0 Å². The summed E-state index contributed by atoms with van der Waals surface area (Å²) in [7, 11) is 0. The van der Waals surface area contributed by atoms with Crippen molar-refractivity contribution in [2.45, 2.75) is 32.2 Å². The minimum absolute atomic E-state index is 0.601. The molecule has 2 heteroatoms. The van der Waals surface area contributed by atoms with Gasteiger partial charge in [-0.1, -0.05) is 6.42 Å². The summed E-state index contributed by atoms with van der Waals surface area (Å²) in [6.07, 6.45) is 6.11. The van der Waals surface area contributed by atoms with E-state index in [1.54, 1.807) is 0 Å². The van der Waals surface area contributed by atoms with E-state index in [0.717, 1.165) is 0 Å². The van der Waals surface area contributed by atoms with Crippen LogP contribution in [-0.4, -0.2) is 11.5 Å². The normalized spacial score (nSPS) is 24.2. The largest absolute Gasteiger partial charge is 0.365 e. The molecule has 1 aromatic heterocycles. The first-order chi connectivity index (χ1) is 5.86. The summed E-state index contributed by atoms with van der Waals surface area (Å²) in [6, 6.07) is 2.84. The molecule has 1 saturated heterocycles. The first-order valence-corrected chi connectivity index (χ1v) is 4.74. The van der Waals surface area contributed by atoms with Crippen LogP contribution in [0, 0.1) is 6.92 Å². The van der Waals surface area contributed by atoms with E-state index in [1.807, 2.05) is 0 Å². The molecule has 0 bridgehead atoms. The molecule has 1 fully saturated rings. The maximum absolute atomic E-state index is 3.53. The molecule has 2 rings (SSSR count). The molecule has 0 spiro atoms. The van der Waals surface area contributed by atoms with Gasteiger partial charge >= 0.3 is 0 Å². The van der Waals surface area contributed by atoms with Crippen molar-refractivity contribution >= 4 is 0 Å². The number of nitrogens with one attached hydrogen (secondary N) is 2. The Morgan fingerprint density at radius 2 is 2.33 bits per heavy atom. The van der Waals surface area contributed by atoms with E-state index < -0.39 is 0 Å². The minimum Gasteiger partial charge on any atom is -0.365 e. The molecular weight excluding hydrogens is 148 g/mol. The molecule has 0 aliphatic carbocycles. The average Bonchev–Trinajstić information content (AvgIpc) is 2.54. The SMILES string of the molecule is Cc1cc([C@@H]2CCCCN2)c[nH]1. The number of aromatic amines is 1. The van der Waals surface area contributed by atoms with Crippen LogP contribution in [0.15, 0.2) is 12.3 Å². The Bertz CT molecular complexity index is 246. The molecular formula is C10H16N2. The van der Waals surface area contributed by atoms with Gasteiger partial charge in [0, 0.05) is 17.9 Å². The lowest BCUT2D eigenvalue weighted by Crippen LogP contribution is -2.26. The molecule has 0 radical (unpaired) electrons. The first-order valence-electron chi connectivity index (χ1n) is 4.74. The molecule has 1 aromatic rings.